The largest absolute Gasteiger partial charge is 0.330 e. The van der Waals surface area contributed by atoms with E-state index >= 15 is 0 Å². The SMILES string of the molecule is CC(=O)c1csc(NC(=O)c2cncn2C)n1. The number of ketones is 1. The van der Waals surface area contributed by atoms with Gasteiger partial charge in [-0.15, -0.1) is 11.3 Å². The molecule has 17 heavy (non-hydrogen) atoms. The average Bonchev–Trinajstić information content (AvgIpc) is 2.86. The van der Waals surface area contributed by atoms with E-state index in [1.807, 2.05) is 0 Å². The maximum absolute atomic E-state index is 11.8. The van der Waals surface area contributed by atoms with E-state index in [2.05, 4.69) is 15.3 Å². The lowest BCUT2D eigenvalue weighted by Crippen LogP contribution is -2.15. The molecule has 0 bridgehead atoms. The first-order chi connectivity index (χ1) is 8.08. The minimum absolute atomic E-state index is 0.123. The first kappa shape index (κ1) is 11.5. The second kappa shape index (κ2) is 4.46. The first-order valence-corrected chi connectivity index (χ1v) is 5.70. The molecular weight excluding hydrogens is 240 g/mol. The van der Waals surface area contributed by atoms with Crippen molar-refractivity contribution < 1.29 is 9.59 Å². The molecule has 1 N–H and O–H groups in total. The number of nitrogens with zero attached hydrogens (tertiary/aromatic N) is 3. The van der Waals surface area contributed by atoms with Crippen molar-refractivity contribution in [2.45, 2.75) is 6.92 Å². The van der Waals surface area contributed by atoms with Crippen molar-refractivity contribution in [2.24, 2.45) is 7.05 Å². The molecule has 0 atom stereocenters. The number of thiazole rings is 1. The van der Waals surface area contributed by atoms with Crippen molar-refractivity contribution in [1.82, 2.24) is 14.5 Å². The Balaban J connectivity index is 2.13. The number of carbonyl (C=O) groups is 2. The molecule has 2 rings (SSSR count). The van der Waals surface area contributed by atoms with Crippen molar-refractivity contribution >= 4 is 28.2 Å². The Morgan fingerprint density at radius 2 is 2.24 bits per heavy atom. The number of nitrogens with one attached hydrogen (secondary N) is 1. The maximum Gasteiger partial charge on any atom is 0.275 e. The smallest absolute Gasteiger partial charge is 0.275 e. The van der Waals surface area contributed by atoms with Gasteiger partial charge < -0.3 is 4.57 Å². The number of Topliss-reactive ketones (excluding diaryl/α,β-unsaturated/α-hetero) is 1. The molecule has 6 nitrogen and oxygen atoms in total. The summed E-state index contributed by atoms with van der Waals surface area (Å²) in [7, 11) is 1.73. The Morgan fingerprint density at radius 1 is 1.47 bits per heavy atom. The molecule has 0 aliphatic heterocycles. The summed E-state index contributed by atoms with van der Waals surface area (Å²) in [6.07, 6.45) is 3.01. The van der Waals surface area contributed by atoms with Crippen molar-refractivity contribution in [3.05, 3.63) is 29.3 Å². The highest BCUT2D eigenvalue weighted by Crippen LogP contribution is 2.16. The molecule has 2 aromatic heterocycles. The molecule has 0 aromatic carbocycles. The minimum Gasteiger partial charge on any atom is -0.330 e. The van der Waals surface area contributed by atoms with Crippen LogP contribution < -0.4 is 5.32 Å². The number of rotatable bonds is 3. The second-order valence-electron chi connectivity index (χ2n) is 3.44. The van der Waals surface area contributed by atoms with Crippen LogP contribution in [0.5, 0.6) is 0 Å². The fourth-order valence-corrected chi connectivity index (χ4v) is 1.97. The van der Waals surface area contributed by atoms with Crippen LogP contribution in [-0.4, -0.2) is 26.2 Å². The summed E-state index contributed by atoms with van der Waals surface area (Å²) in [5.41, 5.74) is 0.792. The van der Waals surface area contributed by atoms with E-state index in [4.69, 9.17) is 0 Å². The zero-order valence-electron chi connectivity index (χ0n) is 9.30. The Kier molecular flexibility index (Phi) is 3.01. The third-order valence-electron chi connectivity index (χ3n) is 2.13. The van der Waals surface area contributed by atoms with Crippen LogP contribution in [0.4, 0.5) is 5.13 Å². The van der Waals surface area contributed by atoms with Crippen LogP contribution >= 0.6 is 11.3 Å². The summed E-state index contributed by atoms with van der Waals surface area (Å²) in [6.45, 7) is 1.43. The van der Waals surface area contributed by atoms with Crippen molar-refractivity contribution in [2.75, 3.05) is 5.32 Å². The van der Waals surface area contributed by atoms with Gasteiger partial charge in [0.05, 0.1) is 12.5 Å². The Morgan fingerprint density at radius 3 is 2.76 bits per heavy atom. The van der Waals surface area contributed by atoms with Gasteiger partial charge in [0.25, 0.3) is 5.91 Å². The Labute approximate surface area is 101 Å². The number of aryl methyl sites for hydroxylation is 1. The van der Waals surface area contributed by atoms with E-state index in [9.17, 15) is 9.59 Å². The van der Waals surface area contributed by atoms with Crippen molar-refractivity contribution in [3.8, 4) is 0 Å². The van der Waals surface area contributed by atoms with E-state index in [-0.39, 0.29) is 11.7 Å². The van der Waals surface area contributed by atoms with Gasteiger partial charge in [0, 0.05) is 19.4 Å². The summed E-state index contributed by atoms with van der Waals surface area (Å²) in [4.78, 5) is 30.7. The fourth-order valence-electron chi connectivity index (χ4n) is 1.23. The highest BCUT2D eigenvalue weighted by molar-refractivity contribution is 7.14. The fraction of sp³-hybridized carbons (Fsp3) is 0.200. The number of aromatic nitrogens is 3. The summed E-state index contributed by atoms with van der Waals surface area (Å²) in [6, 6.07) is 0. The van der Waals surface area contributed by atoms with Crippen molar-refractivity contribution in [1.29, 1.82) is 0 Å². The predicted octanol–water partition coefficient (Wildman–Crippen LogP) is 1.33. The molecule has 88 valence electrons. The third-order valence-corrected chi connectivity index (χ3v) is 2.89. The van der Waals surface area contributed by atoms with Gasteiger partial charge in [-0.05, 0) is 0 Å². The van der Waals surface area contributed by atoms with Gasteiger partial charge in [-0.3, -0.25) is 14.9 Å². The van der Waals surface area contributed by atoms with Gasteiger partial charge in [0.1, 0.15) is 11.4 Å². The predicted molar refractivity (Wildman–Crippen MR) is 63.3 cm³/mol. The molecule has 0 radical (unpaired) electrons. The van der Waals surface area contributed by atoms with Crippen molar-refractivity contribution in [3.63, 3.8) is 0 Å². The highest BCUT2D eigenvalue weighted by atomic mass is 32.1. The normalized spacial score (nSPS) is 10.2. The lowest BCUT2D eigenvalue weighted by atomic mass is 10.4. The van der Waals surface area contributed by atoms with Gasteiger partial charge in [-0.25, -0.2) is 9.97 Å². The van der Waals surface area contributed by atoms with Gasteiger partial charge in [0.2, 0.25) is 0 Å². The summed E-state index contributed by atoms with van der Waals surface area (Å²) in [5, 5.41) is 4.63. The molecule has 0 aliphatic rings. The molecule has 0 spiro atoms. The average molecular weight is 250 g/mol. The first-order valence-electron chi connectivity index (χ1n) is 4.82. The van der Waals surface area contributed by atoms with Crippen LogP contribution in [0, 0.1) is 0 Å². The van der Waals surface area contributed by atoms with Gasteiger partial charge in [-0.2, -0.15) is 0 Å². The van der Waals surface area contributed by atoms with Crippen LogP contribution in [0.25, 0.3) is 0 Å². The molecule has 7 heteroatoms. The summed E-state index contributed by atoms with van der Waals surface area (Å²) in [5.74, 6) is -0.420. The molecule has 2 heterocycles. The van der Waals surface area contributed by atoms with E-state index in [1.165, 1.54) is 30.8 Å². The van der Waals surface area contributed by atoms with Crippen LogP contribution in [0.15, 0.2) is 17.9 Å². The quantitative estimate of drug-likeness (QED) is 0.834. The van der Waals surface area contributed by atoms with Gasteiger partial charge >= 0.3 is 0 Å². The highest BCUT2D eigenvalue weighted by Gasteiger charge is 2.13. The topological polar surface area (TPSA) is 76.9 Å². The zero-order chi connectivity index (χ0) is 12.4. The minimum atomic E-state index is -0.297. The molecule has 0 fully saturated rings. The van der Waals surface area contributed by atoms with Gasteiger partial charge in [-0.1, -0.05) is 0 Å². The van der Waals surface area contributed by atoms with E-state index < -0.39 is 0 Å². The Hall–Kier alpha value is -2.02. The summed E-state index contributed by atoms with van der Waals surface area (Å²) >= 11 is 1.22. The van der Waals surface area contributed by atoms with Crippen LogP contribution in [0.3, 0.4) is 0 Å². The number of amides is 1. The van der Waals surface area contributed by atoms with E-state index in [0.29, 0.717) is 16.5 Å². The molecule has 1 amide bonds. The second-order valence-corrected chi connectivity index (χ2v) is 4.30. The monoisotopic (exact) mass is 250 g/mol. The molecule has 0 saturated carbocycles. The van der Waals surface area contributed by atoms with E-state index in [0.717, 1.165) is 0 Å². The number of carbonyl (C=O) groups excluding carboxylic acids is 2. The molecule has 0 unspecified atom stereocenters. The zero-order valence-corrected chi connectivity index (χ0v) is 10.1. The number of anilines is 1. The van der Waals surface area contributed by atoms with Crippen LogP contribution in [0.2, 0.25) is 0 Å². The number of hydrogen-bond acceptors (Lipinski definition) is 5. The van der Waals surface area contributed by atoms with Gasteiger partial charge in [0.15, 0.2) is 10.9 Å². The maximum atomic E-state index is 11.8. The van der Waals surface area contributed by atoms with Crippen LogP contribution in [0.1, 0.15) is 27.9 Å². The lowest BCUT2D eigenvalue weighted by molar-refractivity contribution is 0.100. The van der Waals surface area contributed by atoms with Crippen LogP contribution in [-0.2, 0) is 7.05 Å². The van der Waals surface area contributed by atoms with E-state index in [1.54, 1.807) is 17.0 Å². The summed E-state index contributed by atoms with van der Waals surface area (Å²) < 4.78 is 1.61. The number of imidazole rings is 1. The molecule has 2 aromatic rings. The molecular formula is C10H10N4O2S. The Bertz CT molecular complexity index is 572. The number of hydrogen-bond donors (Lipinski definition) is 1. The lowest BCUT2D eigenvalue weighted by Gasteiger charge is -2.01. The third kappa shape index (κ3) is 2.39. The molecule has 0 saturated heterocycles. The molecule has 0 aliphatic carbocycles. The standard InChI is InChI=1S/C10H10N4O2S/c1-6(15)7-4-17-10(12-7)13-9(16)8-3-11-5-14(8)2/h3-5H,1-2H3,(H,12,13,16).